The Labute approximate surface area is 108 Å². The molecule has 1 heterocycles. The molecule has 1 aromatic carbocycles. The molecule has 88 valence electrons. The number of nitrogens with zero attached hydrogens (tertiary/aromatic N) is 1. The van der Waals surface area contributed by atoms with Crippen LogP contribution in [0.3, 0.4) is 0 Å². The third-order valence-corrected chi connectivity index (χ3v) is 3.29. The van der Waals surface area contributed by atoms with E-state index in [-0.39, 0.29) is 5.96 Å². The van der Waals surface area contributed by atoms with E-state index in [4.69, 9.17) is 22.7 Å². The Kier molecular flexibility index (Phi) is 3.31. The van der Waals surface area contributed by atoms with E-state index in [9.17, 15) is 0 Å². The van der Waals surface area contributed by atoms with E-state index in [1.54, 1.807) is 0 Å². The minimum absolute atomic E-state index is 0.110. The van der Waals surface area contributed by atoms with Gasteiger partial charge in [-0.15, -0.1) is 11.3 Å². The molecule has 0 saturated carbocycles. The molecule has 0 aliphatic carbocycles. The van der Waals surface area contributed by atoms with Crippen LogP contribution in [0.5, 0.6) is 0 Å². The van der Waals surface area contributed by atoms with Gasteiger partial charge in [0.1, 0.15) is 0 Å². The van der Waals surface area contributed by atoms with Gasteiger partial charge in [-0.25, -0.2) is 4.98 Å². The van der Waals surface area contributed by atoms with Crippen molar-refractivity contribution in [2.24, 2.45) is 5.73 Å². The van der Waals surface area contributed by atoms with Gasteiger partial charge in [-0.1, -0.05) is 23.7 Å². The van der Waals surface area contributed by atoms with Gasteiger partial charge in [-0.3, -0.25) is 5.41 Å². The molecule has 0 amide bonds. The summed E-state index contributed by atoms with van der Waals surface area (Å²) in [5.74, 6) is -0.110. The van der Waals surface area contributed by atoms with Crippen LogP contribution in [-0.4, -0.2) is 10.9 Å². The van der Waals surface area contributed by atoms with Gasteiger partial charge < -0.3 is 11.1 Å². The van der Waals surface area contributed by atoms with E-state index in [1.807, 2.05) is 31.2 Å². The summed E-state index contributed by atoms with van der Waals surface area (Å²) < 4.78 is 0. The molecule has 4 nitrogen and oxygen atoms in total. The summed E-state index contributed by atoms with van der Waals surface area (Å²) in [5, 5.41) is 11.2. The Morgan fingerprint density at radius 1 is 1.41 bits per heavy atom. The fourth-order valence-corrected chi connectivity index (χ4v) is 2.41. The summed E-state index contributed by atoms with van der Waals surface area (Å²) in [6, 6.07) is 7.49. The number of aromatic nitrogens is 1. The van der Waals surface area contributed by atoms with Crippen molar-refractivity contribution in [2.75, 3.05) is 5.32 Å². The summed E-state index contributed by atoms with van der Waals surface area (Å²) in [6.45, 7) is 1.98. The molecule has 0 aliphatic heterocycles. The molecule has 0 bridgehead atoms. The second-order valence-corrected chi connectivity index (χ2v) is 5.11. The van der Waals surface area contributed by atoms with Crippen molar-refractivity contribution in [1.29, 1.82) is 5.41 Å². The summed E-state index contributed by atoms with van der Waals surface area (Å²) >= 11 is 7.30. The lowest BCUT2D eigenvalue weighted by Gasteiger charge is -1.98. The van der Waals surface area contributed by atoms with E-state index in [2.05, 4.69) is 10.3 Å². The third kappa shape index (κ3) is 2.75. The Bertz CT molecular complexity index is 547. The maximum absolute atomic E-state index is 7.16. The zero-order valence-corrected chi connectivity index (χ0v) is 10.7. The molecule has 1 aromatic heterocycles. The van der Waals surface area contributed by atoms with Crippen LogP contribution in [0.25, 0.3) is 11.3 Å². The molecule has 2 aromatic rings. The second kappa shape index (κ2) is 4.73. The highest BCUT2D eigenvalue weighted by Crippen LogP contribution is 2.30. The van der Waals surface area contributed by atoms with Crippen LogP contribution in [0.15, 0.2) is 24.3 Å². The molecular weight excluding hydrogens is 256 g/mol. The molecule has 0 saturated heterocycles. The topological polar surface area (TPSA) is 74.8 Å². The van der Waals surface area contributed by atoms with Gasteiger partial charge in [-0.05, 0) is 19.1 Å². The van der Waals surface area contributed by atoms with Gasteiger partial charge in [0.25, 0.3) is 0 Å². The first kappa shape index (κ1) is 11.9. The molecule has 0 radical (unpaired) electrons. The van der Waals surface area contributed by atoms with Crippen LogP contribution >= 0.6 is 22.9 Å². The zero-order chi connectivity index (χ0) is 12.4. The van der Waals surface area contributed by atoms with E-state index >= 15 is 0 Å². The molecule has 0 spiro atoms. The van der Waals surface area contributed by atoms with Crippen LogP contribution < -0.4 is 11.1 Å². The summed E-state index contributed by atoms with van der Waals surface area (Å²) in [6.07, 6.45) is 0. The van der Waals surface area contributed by atoms with Crippen LogP contribution in [0.1, 0.15) is 4.88 Å². The molecule has 17 heavy (non-hydrogen) atoms. The highest BCUT2D eigenvalue weighted by atomic mass is 35.5. The van der Waals surface area contributed by atoms with Gasteiger partial charge in [0, 0.05) is 15.5 Å². The van der Waals surface area contributed by atoms with Crippen molar-refractivity contribution in [3.05, 3.63) is 34.2 Å². The Hall–Kier alpha value is -1.59. The normalized spacial score (nSPS) is 10.2. The first-order valence-electron chi connectivity index (χ1n) is 4.90. The van der Waals surface area contributed by atoms with Gasteiger partial charge in [0.2, 0.25) is 0 Å². The molecule has 0 unspecified atom stereocenters. The lowest BCUT2D eigenvalue weighted by Crippen LogP contribution is -2.20. The number of nitrogens with one attached hydrogen (secondary N) is 2. The van der Waals surface area contributed by atoms with Crippen molar-refractivity contribution in [3.8, 4) is 11.3 Å². The lowest BCUT2D eigenvalue weighted by atomic mass is 10.1. The summed E-state index contributed by atoms with van der Waals surface area (Å²) in [4.78, 5) is 5.46. The molecular formula is C11H11ClN4S. The number of thiazole rings is 1. The van der Waals surface area contributed by atoms with Gasteiger partial charge in [-0.2, -0.15) is 0 Å². The van der Waals surface area contributed by atoms with Crippen molar-refractivity contribution in [3.63, 3.8) is 0 Å². The third-order valence-electron chi connectivity index (χ3n) is 2.16. The van der Waals surface area contributed by atoms with Crippen LogP contribution in [0.2, 0.25) is 5.02 Å². The number of guanidine groups is 1. The van der Waals surface area contributed by atoms with Crippen LogP contribution in [0, 0.1) is 12.3 Å². The largest absolute Gasteiger partial charge is 0.370 e. The number of rotatable bonds is 2. The lowest BCUT2D eigenvalue weighted by molar-refractivity contribution is 1.34. The van der Waals surface area contributed by atoms with Crippen molar-refractivity contribution in [2.45, 2.75) is 6.92 Å². The quantitative estimate of drug-likeness (QED) is 0.578. The zero-order valence-electron chi connectivity index (χ0n) is 9.12. The number of hydrogen-bond acceptors (Lipinski definition) is 3. The average molecular weight is 267 g/mol. The smallest absolute Gasteiger partial charge is 0.192 e. The number of aryl methyl sites for hydroxylation is 1. The molecule has 6 heteroatoms. The van der Waals surface area contributed by atoms with Crippen molar-refractivity contribution < 1.29 is 0 Å². The number of hydrogen-bond donors (Lipinski definition) is 3. The number of halogens is 1. The summed E-state index contributed by atoms with van der Waals surface area (Å²) in [7, 11) is 0. The molecule has 2 rings (SSSR count). The predicted octanol–water partition coefficient (Wildman–Crippen LogP) is 3.08. The number of nitrogens with two attached hydrogens (primary N) is 1. The van der Waals surface area contributed by atoms with Gasteiger partial charge in [0.15, 0.2) is 11.1 Å². The first-order valence-corrected chi connectivity index (χ1v) is 6.10. The predicted molar refractivity (Wildman–Crippen MR) is 72.8 cm³/mol. The van der Waals surface area contributed by atoms with E-state index < -0.39 is 0 Å². The minimum Gasteiger partial charge on any atom is -0.370 e. The maximum Gasteiger partial charge on any atom is 0.192 e. The number of anilines is 1. The van der Waals surface area contributed by atoms with E-state index in [0.717, 1.165) is 16.1 Å². The fraction of sp³-hybridized carbons (Fsp3) is 0.0909. The molecule has 0 fully saturated rings. The second-order valence-electron chi connectivity index (χ2n) is 3.47. The molecule has 0 atom stereocenters. The fourth-order valence-electron chi connectivity index (χ4n) is 1.44. The number of benzene rings is 1. The Morgan fingerprint density at radius 3 is 2.65 bits per heavy atom. The Morgan fingerprint density at radius 2 is 2.06 bits per heavy atom. The van der Waals surface area contributed by atoms with Crippen molar-refractivity contribution in [1.82, 2.24) is 4.98 Å². The maximum atomic E-state index is 7.16. The van der Waals surface area contributed by atoms with E-state index in [0.29, 0.717) is 10.2 Å². The van der Waals surface area contributed by atoms with Crippen molar-refractivity contribution >= 4 is 34.0 Å². The first-order chi connectivity index (χ1) is 8.06. The molecule has 0 aliphatic rings. The highest BCUT2D eigenvalue weighted by Gasteiger charge is 2.09. The average Bonchev–Trinajstić information content (AvgIpc) is 2.59. The SMILES string of the molecule is Cc1sc(NC(=N)N)nc1-c1ccc(Cl)cc1. The summed E-state index contributed by atoms with van der Waals surface area (Å²) in [5.41, 5.74) is 7.15. The van der Waals surface area contributed by atoms with Crippen LogP contribution in [0.4, 0.5) is 5.13 Å². The highest BCUT2D eigenvalue weighted by molar-refractivity contribution is 7.16. The van der Waals surface area contributed by atoms with Gasteiger partial charge >= 0.3 is 0 Å². The Balaban J connectivity index is 2.35. The van der Waals surface area contributed by atoms with Crippen LogP contribution in [-0.2, 0) is 0 Å². The monoisotopic (exact) mass is 266 g/mol. The minimum atomic E-state index is -0.110. The van der Waals surface area contributed by atoms with E-state index in [1.165, 1.54) is 11.3 Å². The standard InChI is InChI=1S/C11H11ClN4S/c1-6-9(7-2-4-8(12)5-3-7)15-11(17-6)16-10(13)14/h2-5H,1H3,(H4,13,14,15,16). The van der Waals surface area contributed by atoms with Gasteiger partial charge in [0.05, 0.1) is 5.69 Å². The molecule has 4 N–H and O–H groups in total.